The molecule has 0 amide bonds. The van der Waals surface area contributed by atoms with Crippen molar-refractivity contribution < 1.29 is 4.84 Å². The molecule has 18 heavy (non-hydrogen) atoms. The zero-order chi connectivity index (χ0) is 12.4. The third-order valence-electron chi connectivity index (χ3n) is 2.81. The molecule has 3 rings (SSSR count). The van der Waals surface area contributed by atoms with Gasteiger partial charge in [-0.3, -0.25) is 0 Å². The van der Waals surface area contributed by atoms with Gasteiger partial charge in [-0.15, -0.1) is 11.8 Å². The molecule has 0 aliphatic carbocycles. The second kappa shape index (κ2) is 4.82. The molecule has 0 saturated carbocycles. The lowest BCUT2D eigenvalue weighted by atomic mass is 10.3. The minimum Gasteiger partial charge on any atom is -0.380 e. The van der Waals surface area contributed by atoms with Crippen LogP contribution in [0.2, 0.25) is 0 Å². The van der Waals surface area contributed by atoms with Crippen molar-refractivity contribution in [2.45, 2.75) is 4.90 Å². The number of fused-ring (bicyclic) bond motifs is 1. The Morgan fingerprint density at radius 3 is 2.78 bits per heavy atom. The second-order valence-electron chi connectivity index (χ2n) is 4.14. The molecule has 0 radical (unpaired) electrons. The average Bonchev–Trinajstić information content (AvgIpc) is 2.80. The van der Waals surface area contributed by atoms with E-state index in [1.54, 1.807) is 0 Å². The third-order valence-corrected chi connectivity index (χ3v) is 3.97. The van der Waals surface area contributed by atoms with Crippen LogP contribution in [0.3, 0.4) is 0 Å². The van der Waals surface area contributed by atoms with Crippen LogP contribution in [0, 0.1) is 0 Å². The molecular formula is C14H14N2OS. The Morgan fingerprint density at radius 2 is 1.94 bits per heavy atom. The van der Waals surface area contributed by atoms with Crippen molar-refractivity contribution >= 4 is 23.1 Å². The highest BCUT2D eigenvalue weighted by molar-refractivity contribution is 7.99. The first-order valence-electron chi connectivity index (χ1n) is 5.79. The van der Waals surface area contributed by atoms with Crippen molar-refractivity contribution in [1.82, 2.24) is 0 Å². The molecule has 0 aromatic heterocycles. The van der Waals surface area contributed by atoms with E-state index >= 15 is 0 Å². The van der Waals surface area contributed by atoms with Crippen LogP contribution in [0.4, 0.5) is 11.4 Å². The van der Waals surface area contributed by atoms with Crippen molar-refractivity contribution in [3.05, 3.63) is 48.5 Å². The van der Waals surface area contributed by atoms with Crippen LogP contribution in [-0.2, 0) is 0 Å². The number of hydrogen-bond donors (Lipinski definition) is 1. The van der Waals surface area contributed by atoms with Gasteiger partial charge in [0.05, 0.1) is 17.3 Å². The van der Waals surface area contributed by atoms with E-state index in [1.807, 2.05) is 54.2 Å². The van der Waals surface area contributed by atoms with E-state index in [9.17, 15) is 0 Å². The minimum absolute atomic E-state index is 0.865. The predicted octanol–water partition coefficient (Wildman–Crippen LogP) is 3.59. The molecule has 0 atom stereocenters. The van der Waals surface area contributed by atoms with Gasteiger partial charge in [0.2, 0.25) is 0 Å². The van der Waals surface area contributed by atoms with Crippen molar-refractivity contribution in [1.29, 1.82) is 0 Å². The summed E-state index contributed by atoms with van der Waals surface area (Å²) in [5, 5.41) is 0. The molecule has 0 bridgehead atoms. The van der Waals surface area contributed by atoms with Gasteiger partial charge >= 0.3 is 0 Å². The average molecular weight is 258 g/mol. The zero-order valence-corrected chi connectivity index (χ0v) is 10.9. The lowest BCUT2D eigenvalue weighted by Crippen LogP contribution is -2.14. The van der Waals surface area contributed by atoms with Crippen LogP contribution in [0.5, 0.6) is 5.75 Å². The summed E-state index contributed by atoms with van der Waals surface area (Å²) in [4.78, 5) is 9.17. The number of anilines is 2. The van der Waals surface area contributed by atoms with Crippen LogP contribution in [0.15, 0.2) is 53.4 Å². The van der Waals surface area contributed by atoms with E-state index in [1.165, 1.54) is 4.90 Å². The Labute approximate surface area is 111 Å². The first-order chi connectivity index (χ1) is 8.84. The smallest absolute Gasteiger partial charge is 0.179 e. The Morgan fingerprint density at radius 1 is 1.11 bits per heavy atom. The quantitative estimate of drug-likeness (QED) is 0.850. The summed E-state index contributed by atoms with van der Waals surface area (Å²) in [6.45, 7) is 0. The maximum atomic E-state index is 5.70. The first-order valence-corrected chi connectivity index (χ1v) is 6.78. The fourth-order valence-corrected chi connectivity index (χ4v) is 2.96. The third kappa shape index (κ3) is 2.11. The molecular weight excluding hydrogens is 244 g/mol. The number of para-hydroxylation sites is 2. The van der Waals surface area contributed by atoms with Gasteiger partial charge in [-0.25, -0.2) is 5.48 Å². The maximum absolute atomic E-state index is 5.70. The first kappa shape index (κ1) is 11.3. The van der Waals surface area contributed by atoms with Gasteiger partial charge in [-0.2, -0.15) is 0 Å². The molecule has 0 fully saturated rings. The summed E-state index contributed by atoms with van der Waals surface area (Å²) >= 11 is 1.83. The normalized spacial score (nSPS) is 13.3. The number of nitrogens with one attached hydrogen (secondary N) is 1. The van der Waals surface area contributed by atoms with E-state index in [2.05, 4.69) is 23.5 Å². The fourth-order valence-electron chi connectivity index (χ4n) is 1.93. The Balaban J connectivity index is 1.80. The van der Waals surface area contributed by atoms with Crippen LogP contribution >= 0.6 is 11.8 Å². The van der Waals surface area contributed by atoms with Gasteiger partial charge in [0.1, 0.15) is 0 Å². The van der Waals surface area contributed by atoms with Crippen molar-refractivity contribution in [2.24, 2.45) is 0 Å². The van der Waals surface area contributed by atoms with Crippen LogP contribution in [0.1, 0.15) is 0 Å². The second-order valence-corrected chi connectivity index (χ2v) is 5.13. The molecule has 1 N–H and O–H groups in total. The van der Waals surface area contributed by atoms with Crippen molar-refractivity contribution in [3.63, 3.8) is 0 Å². The topological polar surface area (TPSA) is 24.5 Å². The van der Waals surface area contributed by atoms with Gasteiger partial charge in [0.25, 0.3) is 0 Å². The number of benzene rings is 2. The fraction of sp³-hybridized carbons (Fsp3) is 0.143. The van der Waals surface area contributed by atoms with Gasteiger partial charge in [-0.1, -0.05) is 24.3 Å². The number of hydrogen-bond acceptors (Lipinski definition) is 4. The lowest BCUT2D eigenvalue weighted by molar-refractivity contribution is 0.405. The summed E-state index contributed by atoms with van der Waals surface area (Å²) in [7, 11) is 2.08. The summed E-state index contributed by atoms with van der Waals surface area (Å²) < 4.78 is 0. The molecule has 4 heteroatoms. The van der Waals surface area contributed by atoms with Gasteiger partial charge in [0.15, 0.2) is 5.75 Å². The molecule has 1 heterocycles. The Kier molecular flexibility index (Phi) is 3.02. The highest BCUT2D eigenvalue weighted by Gasteiger charge is 2.20. The highest BCUT2D eigenvalue weighted by Crippen LogP contribution is 2.43. The van der Waals surface area contributed by atoms with Crippen LogP contribution in [0.25, 0.3) is 0 Å². The lowest BCUT2D eigenvalue weighted by Gasteiger charge is -2.16. The SMILES string of the molecule is CN1CSc2cccc(ONc3ccccc3)c21. The zero-order valence-electron chi connectivity index (χ0n) is 10.1. The van der Waals surface area contributed by atoms with Crippen molar-refractivity contribution in [2.75, 3.05) is 23.3 Å². The van der Waals surface area contributed by atoms with Crippen LogP contribution < -0.4 is 15.2 Å². The molecule has 92 valence electrons. The molecule has 0 unspecified atom stereocenters. The van der Waals surface area contributed by atoms with Crippen LogP contribution in [-0.4, -0.2) is 12.9 Å². The summed E-state index contributed by atoms with van der Waals surface area (Å²) in [6, 6.07) is 16.0. The Hall–Kier alpha value is -1.81. The van der Waals surface area contributed by atoms with E-state index in [0.717, 1.165) is 23.0 Å². The monoisotopic (exact) mass is 258 g/mol. The highest BCUT2D eigenvalue weighted by atomic mass is 32.2. The standard InChI is InChI=1S/C14H14N2OS/c1-16-10-18-13-9-5-8-12(14(13)16)17-15-11-6-3-2-4-7-11/h2-9,15H,10H2,1H3. The van der Waals surface area contributed by atoms with Crippen molar-refractivity contribution in [3.8, 4) is 5.75 Å². The van der Waals surface area contributed by atoms with Gasteiger partial charge in [-0.05, 0) is 24.3 Å². The minimum atomic E-state index is 0.865. The molecule has 0 spiro atoms. The molecule has 0 saturated heterocycles. The van der Waals surface area contributed by atoms with E-state index in [0.29, 0.717) is 0 Å². The number of rotatable bonds is 3. The van der Waals surface area contributed by atoms with E-state index < -0.39 is 0 Å². The number of nitrogens with zero attached hydrogens (tertiary/aromatic N) is 1. The summed E-state index contributed by atoms with van der Waals surface area (Å²) in [5.74, 6) is 1.84. The molecule has 3 nitrogen and oxygen atoms in total. The summed E-state index contributed by atoms with van der Waals surface area (Å²) in [6.07, 6.45) is 0. The molecule has 1 aliphatic rings. The molecule has 2 aromatic carbocycles. The maximum Gasteiger partial charge on any atom is 0.179 e. The van der Waals surface area contributed by atoms with E-state index in [-0.39, 0.29) is 0 Å². The number of thioether (sulfide) groups is 1. The Bertz CT molecular complexity index is 545. The van der Waals surface area contributed by atoms with Gasteiger partial charge < -0.3 is 9.74 Å². The largest absolute Gasteiger partial charge is 0.380 e. The predicted molar refractivity (Wildman–Crippen MR) is 76.3 cm³/mol. The summed E-state index contributed by atoms with van der Waals surface area (Å²) in [5.41, 5.74) is 5.08. The van der Waals surface area contributed by atoms with Gasteiger partial charge in [0, 0.05) is 11.9 Å². The van der Waals surface area contributed by atoms with E-state index in [4.69, 9.17) is 4.84 Å². The molecule has 1 aliphatic heterocycles. The molecule has 2 aromatic rings.